The van der Waals surface area contributed by atoms with Crippen LogP contribution in [0.2, 0.25) is 5.02 Å². The van der Waals surface area contributed by atoms with Crippen LogP contribution < -0.4 is 15.4 Å². The Labute approximate surface area is 139 Å². The van der Waals surface area contributed by atoms with Crippen LogP contribution in [0.3, 0.4) is 0 Å². The summed E-state index contributed by atoms with van der Waals surface area (Å²) in [6, 6.07) is 8.71. The van der Waals surface area contributed by atoms with Crippen LogP contribution in [0.15, 0.2) is 30.3 Å². The van der Waals surface area contributed by atoms with Crippen molar-refractivity contribution in [1.82, 2.24) is 10.2 Å². The van der Waals surface area contributed by atoms with E-state index in [0.29, 0.717) is 28.1 Å². The van der Waals surface area contributed by atoms with Gasteiger partial charge in [0, 0.05) is 10.9 Å². The third kappa shape index (κ3) is 3.71. The van der Waals surface area contributed by atoms with Gasteiger partial charge in [-0.25, -0.2) is 0 Å². The van der Waals surface area contributed by atoms with Gasteiger partial charge in [0.15, 0.2) is 11.6 Å². The van der Waals surface area contributed by atoms with Gasteiger partial charge in [-0.3, -0.25) is 4.79 Å². The van der Waals surface area contributed by atoms with Crippen molar-refractivity contribution in [3.8, 4) is 5.75 Å². The predicted octanol–water partition coefficient (Wildman–Crippen LogP) is 3.62. The fourth-order valence-corrected chi connectivity index (χ4v) is 2.45. The normalized spacial score (nSPS) is 14.0. The molecule has 3 rings (SSSR count). The Morgan fingerprint density at radius 2 is 1.96 bits per heavy atom. The lowest BCUT2D eigenvalue weighted by molar-refractivity contribution is -0.122. The maximum Gasteiger partial charge on any atom is 0.228 e. The Balaban J connectivity index is 1.67. The molecule has 7 heteroatoms. The number of amides is 1. The number of rotatable bonds is 5. The monoisotopic (exact) mass is 332 g/mol. The van der Waals surface area contributed by atoms with Crippen molar-refractivity contribution in [2.45, 2.75) is 19.3 Å². The summed E-state index contributed by atoms with van der Waals surface area (Å²) in [6.45, 7) is 0. The van der Waals surface area contributed by atoms with Crippen molar-refractivity contribution < 1.29 is 9.53 Å². The highest BCUT2D eigenvalue weighted by Crippen LogP contribution is 2.30. The quantitative estimate of drug-likeness (QED) is 0.874. The SMILES string of the molecule is COc1ccc(Cl)cc1Nc1ccc(NC(=O)C2CCC2)nn1. The van der Waals surface area contributed by atoms with Gasteiger partial charge in [-0.05, 0) is 43.2 Å². The second-order valence-electron chi connectivity index (χ2n) is 5.39. The largest absolute Gasteiger partial charge is 0.495 e. The summed E-state index contributed by atoms with van der Waals surface area (Å²) in [5.41, 5.74) is 0.695. The highest BCUT2D eigenvalue weighted by molar-refractivity contribution is 6.31. The number of ether oxygens (including phenoxy) is 1. The average molecular weight is 333 g/mol. The molecule has 1 aliphatic carbocycles. The zero-order chi connectivity index (χ0) is 16.2. The number of hydrogen-bond donors (Lipinski definition) is 2. The van der Waals surface area contributed by atoms with Crippen molar-refractivity contribution in [1.29, 1.82) is 0 Å². The van der Waals surface area contributed by atoms with E-state index in [9.17, 15) is 4.79 Å². The number of halogens is 1. The predicted molar refractivity (Wildman–Crippen MR) is 89.3 cm³/mol. The van der Waals surface area contributed by atoms with E-state index in [1.54, 1.807) is 37.4 Å². The van der Waals surface area contributed by atoms with Gasteiger partial charge in [0.25, 0.3) is 0 Å². The van der Waals surface area contributed by atoms with Gasteiger partial charge < -0.3 is 15.4 Å². The fraction of sp³-hybridized carbons (Fsp3) is 0.312. The molecule has 0 aliphatic heterocycles. The van der Waals surface area contributed by atoms with Gasteiger partial charge in [0.2, 0.25) is 5.91 Å². The lowest BCUT2D eigenvalue weighted by atomic mass is 9.85. The van der Waals surface area contributed by atoms with E-state index in [0.717, 1.165) is 19.3 Å². The summed E-state index contributed by atoms with van der Waals surface area (Å²) >= 11 is 5.99. The molecular weight excluding hydrogens is 316 g/mol. The highest BCUT2D eigenvalue weighted by atomic mass is 35.5. The molecule has 1 saturated carbocycles. The first kappa shape index (κ1) is 15.6. The maximum absolute atomic E-state index is 11.9. The maximum atomic E-state index is 11.9. The third-order valence-electron chi connectivity index (χ3n) is 3.82. The summed E-state index contributed by atoms with van der Waals surface area (Å²) in [6.07, 6.45) is 3.02. The number of methoxy groups -OCH3 is 1. The first-order valence-corrected chi connectivity index (χ1v) is 7.78. The van der Waals surface area contributed by atoms with Crippen LogP contribution in [0, 0.1) is 5.92 Å². The third-order valence-corrected chi connectivity index (χ3v) is 4.05. The first-order chi connectivity index (χ1) is 11.2. The number of anilines is 3. The molecule has 0 unspecified atom stereocenters. The number of hydrogen-bond acceptors (Lipinski definition) is 5. The Morgan fingerprint density at radius 1 is 1.22 bits per heavy atom. The molecule has 0 saturated heterocycles. The van der Waals surface area contributed by atoms with Crippen molar-refractivity contribution in [3.05, 3.63) is 35.4 Å². The molecule has 0 atom stereocenters. The molecule has 120 valence electrons. The highest BCUT2D eigenvalue weighted by Gasteiger charge is 2.25. The van der Waals surface area contributed by atoms with Crippen LogP contribution in [0.25, 0.3) is 0 Å². The van der Waals surface area contributed by atoms with E-state index in [1.165, 1.54) is 0 Å². The average Bonchev–Trinajstić information content (AvgIpc) is 2.48. The molecule has 1 heterocycles. The van der Waals surface area contributed by atoms with E-state index < -0.39 is 0 Å². The topological polar surface area (TPSA) is 76.1 Å². The van der Waals surface area contributed by atoms with E-state index >= 15 is 0 Å². The van der Waals surface area contributed by atoms with Crippen molar-refractivity contribution in [2.24, 2.45) is 5.92 Å². The van der Waals surface area contributed by atoms with Gasteiger partial charge in [-0.1, -0.05) is 18.0 Å². The molecule has 0 spiro atoms. The molecule has 0 bridgehead atoms. The van der Waals surface area contributed by atoms with Crippen LogP contribution in [-0.4, -0.2) is 23.2 Å². The number of carbonyl (C=O) groups is 1. The Kier molecular flexibility index (Phi) is 4.62. The molecule has 1 fully saturated rings. The smallest absolute Gasteiger partial charge is 0.228 e. The number of nitrogens with one attached hydrogen (secondary N) is 2. The molecule has 1 aromatic carbocycles. The Bertz CT molecular complexity index is 702. The van der Waals surface area contributed by atoms with Crippen LogP contribution in [0.5, 0.6) is 5.75 Å². The van der Waals surface area contributed by atoms with Gasteiger partial charge in [0.1, 0.15) is 5.75 Å². The molecule has 1 aromatic heterocycles. The molecule has 2 aromatic rings. The number of benzene rings is 1. The van der Waals surface area contributed by atoms with Gasteiger partial charge in [0.05, 0.1) is 12.8 Å². The van der Waals surface area contributed by atoms with Crippen molar-refractivity contribution in [2.75, 3.05) is 17.7 Å². The van der Waals surface area contributed by atoms with Crippen molar-refractivity contribution >= 4 is 34.8 Å². The molecule has 2 N–H and O–H groups in total. The second-order valence-corrected chi connectivity index (χ2v) is 5.83. The first-order valence-electron chi connectivity index (χ1n) is 7.41. The lowest BCUT2D eigenvalue weighted by Gasteiger charge is -2.23. The van der Waals surface area contributed by atoms with E-state index in [1.807, 2.05) is 0 Å². The van der Waals surface area contributed by atoms with Crippen LogP contribution >= 0.6 is 11.6 Å². The molecule has 1 aliphatic rings. The Hall–Kier alpha value is -2.34. The zero-order valence-electron chi connectivity index (χ0n) is 12.7. The number of carbonyl (C=O) groups excluding carboxylic acids is 1. The standard InChI is InChI=1S/C16H17ClN4O2/c1-23-13-6-5-11(17)9-12(13)18-14-7-8-15(21-20-14)19-16(22)10-3-2-4-10/h5-10H,2-4H2,1H3,(H,18,20)(H,19,21,22). The molecular formula is C16H17ClN4O2. The number of nitrogens with zero attached hydrogens (tertiary/aromatic N) is 2. The van der Waals surface area contributed by atoms with Crippen LogP contribution in [0.1, 0.15) is 19.3 Å². The van der Waals surface area contributed by atoms with Crippen LogP contribution in [0.4, 0.5) is 17.3 Å². The van der Waals surface area contributed by atoms with Gasteiger partial charge >= 0.3 is 0 Å². The molecule has 1 amide bonds. The summed E-state index contributed by atoms with van der Waals surface area (Å²) in [5, 5.41) is 14.5. The van der Waals surface area contributed by atoms with Crippen molar-refractivity contribution in [3.63, 3.8) is 0 Å². The van der Waals surface area contributed by atoms with Gasteiger partial charge in [-0.2, -0.15) is 0 Å². The minimum Gasteiger partial charge on any atom is -0.495 e. The number of aromatic nitrogens is 2. The molecule has 6 nitrogen and oxygen atoms in total. The molecule has 23 heavy (non-hydrogen) atoms. The summed E-state index contributed by atoms with van der Waals surface area (Å²) < 4.78 is 5.27. The fourth-order valence-electron chi connectivity index (χ4n) is 2.28. The summed E-state index contributed by atoms with van der Waals surface area (Å²) in [7, 11) is 1.58. The minimum absolute atomic E-state index is 0.0165. The minimum atomic E-state index is 0.0165. The van der Waals surface area contributed by atoms with Crippen LogP contribution in [-0.2, 0) is 4.79 Å². The summed E-state index contributed by atoms with van der Waals surface area (Å²) in [5.74, 6) is 1.77. The lowest BCUT2D eigenvalue weighted by Crippen LogP contribution is -2.28. The Morgan fingerprint density at radius 3 is 2.57 bits per heavy atom. The van der Waals surface area contributed by atoms with E-state index in [4.69, 9.17) is 16.3 Å². The van der Waals surface area contributed by atoms with E-state index in [2.05, 4.69) is 20.8 Å². The summed E-state index contributed by atoms with van der Waals surface area (Å²) in [4.78, 5) is 11.9. The second kappa shape index (κ2) is 6.83. The molecule has 0 radical (unpaired) electrons. The zero-order valence-corrected chi connectivity index (χ0v) is 13.4. The van der Waals surface area contributed by atoms with Gasteiger partial charge in [-0.15, -0.1) is 10.2 Å². The van der Waals surface area contributed by atoms with E-state index in [-0.39, 0.29) is 11.8 Å².